The highest BCUT2D eigenvalue weighted by Crippen LogP contribution is 2.77. The Morgan fingerprint density at radius 3 is 1.96 bits per heavy atom. The van der Waals surface area contributed by atoms with Crippen molar-refractivity contribution in [2.24, 2.45) is 11.8 Å². The van der Waals surface area contributed by atoms with Crippen LogP contribution < -0.4 is 9.64 Å². The van der Waals surface area contributed by atoms with E-state index in [0.29, 0.717) is 18.0 Å². The number of hydrogen-bond donors (Lipinski definition) is 0. The molecule has 1 aromatic rings. The number of para-hydroxylation sites is 2. The van der Waals surface area contributed by atoms with E-state index in [-0.39, 0.29) is 10.1 Å². The molecule has 0 radical (unpaired) electrons. The smallest absolute Gasteiger partial charge is 0.240 e. The first kappa shape index (κ1) is 20.9. The van der Waals surface area contributed by atoms with E-state index < -0.39 is 37.7 Å². The largest absolute Gasteiger partial charge is 0.491 e. The number of carbonyl (C=O) groups excluding carboxylic acids is 2. The lowest BCUT2D eigenvalue weighted by Crippen LogP contribution is -2.50. The summed E-state index contributed by atoms with van der Waals surface area (Å²) >= 11 is 39.0. The summed E-state index contributed by atoms with van der Waals surface area (Å²) in [7, 11) is 0. The minimum Gasteiger partial charge on any atom is -0.491 e. The van der Waals surface area contributed by atoms with E-state index in [9.17, 15) is 9.59 Å². The number of halogens is 6. The summed E-state index contributed by atoms with van der Waals surface area (Å²) in [5.41, 5.74) is 0.294. The number of imide groups is 1. The molecule has 3 aliphatic rings. The van der Waals surface area contributed by atoms with Gasteiger partial charge < -0.3 is 4.74 Å². The average molecular weight is 504 g/mol. The predicted molar refractivity (Wildman–Crippen MR) is 112 cm³/mol. The molecule has 0 spiro atoms. The Hall–Kier alpha value is -0.360. The molecule has 1 saturated heterocycles. The van der Waals surface area contributed by atoms with Crippen LogP contribution in [0.1, 0.15) is 13.3 Å². The molecule has 2 bridgehead atoms. The average Bonchev–Trinajstić information content (AvgIpc) is 3.04. The fraction of sp³-hybridized carbons (Fsp3) is 0.444. The Balaban J connectivity index is 1.85. The zero-order valence-electron chi connectivity index (χ0n) is 14.3. The quantitative estimate of drug-likeness (QED) is 0.407. The fourth-order valence-electron chi connectivity index (χ4n) is 4.21. The summed E-state index contributed by atoms with van der Waals surface area (Å²) in [5.74, 6) is -3.15. The van der Waals surface area contributed by atoms with Crippen LogP contribution in [0.15, 0.2) is 34.3 Å². The summed E-state index contributed by atoms with van der Waals surface area (Å²) in [6, 6.07) is 6.72. The van der Waals surface area contributed by atoms with E-state index in [1.165, 1.54) is 0 Å². The molecule has 0 unspecified atom stereocenters. The summed E-state index contributed by atoms with van der Waals surface area (Å²) < 4.78 is 3.75. The predicted octanol–water partition coefficient (Wildman–Crippen LogP) is 5.43. The third kappa shape index (κ3) is 2.17. The first-order valence-corrected chi connectivity index (χ1v) is 10.7. The van der Waals surface area contributed by atoms with Gasteiger partial charge in [-0.2, -0.15) is 0 Å². The highest BCUT2D eigenvalue weighted by Gasteiger charge is 2.87. The molecule has 4 nitrogen and oxygen atoms in total. The van der Waals surface area contributed by atoms with Crippen molar-refractivity contribution < 1.29 is 14.3 Å². The monoisotopic (exact) mass is 501 g/mol. The molecule has 2 amide bonds. The first-order chi connectivity index (χ1) is 13.1. The second kappa shape index (κ2) is 6.57. The van der Waals surface area contributed by atoms with Crippen LogP contribution in [0.2, 0.25) is 0 Å². The summed E-state index contributed by atoms with van der Waals surface area (Å²) in [4.78, 5) is 24.1. The Kier molecular flexibility index (Phi) is 4.90. The number of rotatable bonds is 4. The second-order valence-corrected chi connectivity index (χ2v) is 10.2. The van der Waals surface area contributed by atoms with Gasteiger partial charge >= 0.3 is 0 Å². The number of hydrogen-bond acceptors (Lipinski definition) is 3. The fourth-order valence-corrected chi connectivity index (χ4v) is 7.14. The number of nitrogens with zero attached hydrogens (tertiary/aromatic N) is 1. The van der Waals surface area contributed by atoms with Crippen molar-refractivity contribution in [1.29, 1.82) is 0 Å². The van der Waals surface area contributed by atoms with Crippen LogP contribution in [0.3, 0.4) is 0 Å². The van der Waals surface area contributed by atoms with E-state index in [2.05, 4.69) is 0 Å². The molecule has 2 fully saturated rings. The van der Waals surface area contributed by atoms with E-state index in [4.69, 9.17) is 74.3 Å². The number of amides is 2. The zero-order chi connectivity index (χ0) is 20.6. The highest BCUT2D eigenvalue weighted by atomic mass is 35.5. The first-order valence-electron chi connectivity index (χ1n) is 8.48. The van der Waals surface area contributed by atoms with Crippen molar-refractivity contribution in [3.8, 4) is 5.75 Å². The Bertz CT molecular complexity index is 888. The van der Waals surface area contributed by atoms with Crippen LogP contribution in [0.5, 0.6) is 5.75 Å². The van der Waals surface area contributed by atoms with Gasteiger partial charge in [0.1, 0.15) is 15.5 Å². The maximum absolute atomic E-state index is 13.4. The minimum atomic E-state index is -1.94. The molecule has 2 aliphatic carbocycles. The standard InChI is InChI=1S/C18H13Cl6NO3/c1-2-7-28-9-6-4-3-5-8(9)25-14(26)10-11(15(25)27)17(22)13(20)12(19)16(10,21)18(17,23)24/h3-6,10-11H,2,7H2,1H3/t10-,11+,16-,17-/m0/s1. The lowest BCUT2D eigenvalue weighted by atomic mass is 9.84. The van der Waals surface area contributed by atoms with Gasteiger partial charge in [-0.25, -0.2) is 4.90 Å². The normalized spacial score (nSPS) is 35.8. The number of ether oxygens (including phenoxy) is 1. The third-order valence-electron chi connectivity index (χ3n) is 5.48. The lowest BCUT2D eigenvalue weighted by molar-refractivity contribution is -0.123. The molecule has 4 rings (SSSR count). The van der Waals surface area contributed by atoms with Crippen molar-refractivity contribution in [2.45, 2.75) is 27.4 Å². The zero-order valence-corrected chi connectivity index (χ0v) is 18.9. The maximum Gasteiger partial charge on any atom is 0.240 e. The molecule has 1 aliphatic heterocycles. The molecule has 150 valence electrons. The third-order valence-corrected chi connectivity index (χ3v) is 9.74. The van der Waals surface area contributed by atoms with Crippen molar-refractivity contribution in [1.82, 2.24) is 0 Å². The lowest BCUT2D eigenvalue weighted by Gasteiger charge is -2.34. The summed E-state index contributed by atoms with van der Waals surface area (Å²) in [6.45, 7) is 2.37. The van der Waals surface area contributed by atoms with Crippen LogP contribution in [-0.4, -0.2) is 32.5 Å². The van der Waals surface area contributed by atoms with Crippen LogP contribution >= 0.6 is 69.6 Å². The summed E-state index contributed by atoms with van der Waals surface area (Å²) in [5, 5.41) is -0.230. The molecule has 1 saturated carbocycles. The number of benzene rings is 1. The summed E-state index contributed by atoms with van der Waals surface area (Å²) in [6.07, 6.45) is 0.757. The maximum atomic E-state index is 13.4. The molecule has 1 aromatic carbocycles. The van der Waals surface area contributed by atoms with Gasteiger partial charge in [-0.3, -0.25) is 9.59 Å². The molecule has 1 heterocycles. The van der Waals surface area contributed by atoms with Crippen molar-refractivity contribution in [2.75, 3.05) is 11.5 Å². The second-order valence-electron chi connectivity index (χ2n) is 6.91. The van der Waals surface area contributed by atoms with Gasteiger partial charge in [-0.1, -0.05) is 65.5 Å². The topological polar surface area (TPSA) is 46.6 Å². The molecule has 4 atom stereocenters. The van der Waals surface area contributed by atoms with Crippen LogP contribution in [-0.2, 0) is 9.59 Å². The Morgan fingerprint density at radius 2 is 1.46 bits per heavy atom. The van der Waals surface area contributed by atoms with Crippen LogP contribution in [0.4, 0.5) is 5.69 Å². The SMILES string of the molecule is CCCOc1ccccc1N1C(=O)[C@@H]2[C@H](C1=O)[C@]1(Cl)C(Cl)=C(Cl)[C@]2(Cl)C1(Cl)Cl. The Morgan fingerprint density at radius 1 is 0.964 bits per heavy atom. The molecule has 0 aromatic heterocycles. The molecular weight excluding hydrogens is 491 g/mol. The van der Waals surface area contributed by atoms with E-state index in [1.54, 1.807) is 24.3 Å². The van der Waals surface area contributed by atoms with Gasteiger partial charge in [-0.15, -0.1) is 23.2 Å². The van der Waals surface area contributed by atoms with Gasteiger partial charge in [0.05, 0.1) is 34.2 Å². The minimum absolute atomic E-state index is 0.115. The van der Waals surface area contributed by atoms with Crippen molar-refractivity contribution in [3.05, 3.63) is 34.3 Å². The number of carbonyl (C=O) groups is 2. The van der Waals surface area contributed by atoms with Crippen molar-refractivity contribution in [3.63, 3.8) is 0 Å². The molecule has 0 N–H and O–H groups in total. The van der Waals surface area contributed by atoms with Crippen LogP contribution in [0.25, 0.3) is 0 Å². The number of anilines is 1. The van der Waals surface area contributed by atoms with Gasteiger partial charge in [-0.05, 0) is 18.6 Å². The number of fused-ring (bicyclic) bond motifs is 5. The number of allylic oxidation sites excluding steroid dienone is 2. The van der Waals surface area contributed by atoms with E-state index >= 15 is 0 Å². The van der Waals surface area contributed by atoms with Gasteiger partial charge in [0.15, 0.2) is 4.33 Å². The van der Waals surface area contributed by atoms with Gasteiger partial charge in [0.2, 0.25) is 11.8 Å². The Labute approximate surface area is 191 Å². The molecule has 28 heavy (non-hydrogen) atoms. The van der Waals surface area contributed by atoms with Crippen molar-refractivity contribution >= 4 is 87.1 Å². The van der Waals surface area contributed by atoms with Crippen LogP contribution in [0, 0.1) is 11.8 Å². The molecule has 10 heteroatoms. The highest BCUT2D eigenvalue weighted by molar-refractivity contribution is 6.67. The van der Waals surface area contributed by atoms with Gasteiger partial charge in [0, 0.05) is 0 Å². The van der Waals surface area contributed by atoms with E-state index in [1.807, 2.05) is 6.92 Å². The number of alkyl halides is 4. The molecular formula is C18H13Cl6NO3. The van der Waals surface area contributed by atoms with E-state index in [0.717, 1.165) is 11.3 Å². The van der Waals surface area contributed by atoms with Gasteiger partial charge in [0.25, 0.3) is 0 Å².